The third-order valence-electron chi connectivity index (χ3n) is 8.73. The summed E-state index contributed by atoms with van der Waals surface area (Å²) in [5, 5.41) is 0. The summed E-state index contributed by atoms with van der Waals surface area (Å²) in [7, 11) is -3.25. The molecule has 0 radical (unpaired) electrons. The zero-order chi connectivity index (χ0) is 28.7. The van der Waals surface area contributed by atoms with Crippen molar-refractivity contribution in [3.05, 3.63) is 60.7 Å². The van der Waals surface area contributed by atoms with Crippen molar-refractivity contribution in [2.75, 3.05) is 76.7 Å². The second-order valence-electron chi connectivity index (χ2n) is 11.7. The number of hydrogen-bond acceptors (Lipinski definition) is 8. The molecule has 220 valence electrons. The molecule has 42 heavy (non-hydrogen) atoms. The lowest BCUT2D eigenvalue weighted by atomic mass is 10.1. The Morgan fingerprint density at radius 3 is 2.05 bits per heavy atom. The Bertz CT molecular complexity index is 1650. The van der Waals surface area contributed by atoms with E-state index in [1.54, 1.807) is 12.1 Å². The minimum atomic E-state index is -3.25. The molecule has 0 unspecified atom stereocenters. The highest BCUT2D eigenvalue weighted by Gasteiger charge is 2.30. The molecule has 0 N–H and O–H groups in total. The maximum Gasteiger partial charge on any atom is 0.175 e. The van der Waals surface area contributed by atoms with Gasteiger partial charge in [0, 0.05) is 81.5 Å². The molecule has 2 aromatic carbocycles. The number of rotatable bonds is 8. The molecule has 10 heteroatoms. The Balaban J connectivity index is 1.06. The van der Waals surface area contributed by atoms with E-state index in [2.05, 4.69) is 49.6 Å². The lowest BCUT2D eigenvalue weighted by Crippen LogP contribution is -2.49. The average molecular weight is 587 g/mol. The van der Waals surface area contributed by atoms with Gasteiger partial charge in [0.05, 0.1) is 23.8 Å². The third-order valence-corrected chi connectivity index (χ3v) is 9.86. The smallest absolute Gasteiger partial charge is 0.175 e. The molecular weight excluding hydrogens is 548 g/mol. The van der Waals surface area contributed by atoms with Crippen molar-refractivity contribution < 1.29 is 13.2 Å². The molecular formula is C32H38N6O3S. The van der Waals surface area contributed by atoms with Crippen LogP contribution in [0.5, 0.6) is 0 Å². The quantitative estimate of drug-likeness (QED) is 0.307. The predicted octanol–water partition coefficient (Wildman–Crippen LogP) is 3.96. The number of sulfone groups is 1. The van der Waals surface area contributed by atoms with Gasteiger partial charge in [-0.3, -0.25) is 9.80 Å². The molecule has 2 aliphatic heterocycles. The van der Waals surface area contributed by atoms with Crippen LogP contribution in [0.25, 0.3) is 33.8 Å². The van der Waals surface area contributed by atoms with E-state index in [4.69, 9.17) is 14.7 Å². The summed E-state index contributed by atoms with van der Waals surface area (Å²) in [4.78, 5) is 17.9. The van der Waals surface area contributed by atoms with E-state index >= 15 is 0 Å². The topological polar surface area (TPSA) is 83.8 Å². The molecule has 0 bridgehead atoms. The van der Waals surface area contributed by atoms with E-state index in [1.165, 1.54) is 11.9 Å². The molecule has 3 fully saturated rings. The van der Waals surface area contributed by atoms with Crippen molar-refractivity contribution in [2.45, 2.75) is 23.8 Å². The summed E-state index contributed by atoms with van der Waals surface area (Å²) in [5.41, 5.74) is 5.93. The number of aromatic nitrogens is 3. The molecule has 0 spiro atoms. The van der Waals surface area contributed by atoms with Crippen LogP contribution < -0.4 is 4.90 Å². The molecule has 2 aromatic heterocycles. The number of anilines is 1. The maximum absolute atomic E-state index is 11.9. The first-order valence-electron chi connectivity index (χ1n) is 15.0. The Morgan fingerprint density at radius 2 is 1.40 bits per heavy atom. The minimum absolute atomic E-state index is 0.315. The lowest BCUT2D eigenvalue weighted by Gasteiger charge is -2.37. The summed E-state index contributed by atoms with van der Waals surface area (Å²) in [6.45, 7) is 10.4. The van der Waals surface area contributed by atoms with Crippen LogP contribution in [-0.4, -0.2) is 105 Å². The summed E-state index contributed by atoms with van der Waals surface area (Å²) in [5.74, 6) is 0.844. The number of imidazole rings is 1. The molecule has 0 amide bonds. The van der Waals surface area contributed by atoms with Crippen LogP contribution in [0.1, 0.15) is 18.9 Å². The van der Waals surface area contributed by atoms with Crippen molar-refractivity contribution in [2.24, 2.45) is 0 Å². The number of ether oxygens (including phenoxy) is 1. The highest BCUT2D eigenvalue weighted by Crippen LogP contribution is 2.41. The largest absolute Gasteiger partial charge is 0.379 e. The van der Waals surface area contributed by atoms with Crippen LogP contribution in [0.4, 0.5) is 5.69 Å². The van der Waals surface area contributed by atoms with Crippen molar-refractivity contribution in [3.63, 3.8) is 0 Å². The number of nitrogens with zero attached hydrogens (tertiary/aromatic N) is 6. The second-order valence-corrected chi connectivity index (χ2v) is 13.7. The highest BCUT2D eigenvalue weighted by atomic mass is 32.2. The SMILES string of the molecule is CS(=O)(=O)c1ccc(-c2nc3ccc(-c4ccc(N5CCN(CCN6CCOCC6)CC5)cc4)nc3n2C2CC2)cc1. The first-order chi connectivity index (χ1) is 20.4. The monoisotopic (exact) mass is 586 g/mol. The van der Waals surface area contributed by atoms with Crippen LogP contribution in [0.2, 0.25) is 0 Å². The minimum Gasteiger partial charge on any atom is -0.379 e. The molecule has 1 aliphatic carbocycles. The zero-order valence-electron chi connectivity index (χ0n) is 24.2. The van der Waals surface area contributed by atoms with Crippen LogP contribution in [0.3, 0.4) is 0 Å². The first kappa shape index (κ1) is 27.5. The Hall–Kier alpha value is -3.31. The fraction of sp³-hybridized carbons (Fsp3) is 0.438. The normalized spacial score (nSPS) is 19.0. The molecule has 7 rings (SSSR count). The van der Waals surface area contributed by atoms with Gasteiger partial charge in [-0.05, 0) is 61.4 Å². The summed E-state index contributed by atoms with van der Waals surface area (Å²) in [6, 6.07) is 20.3. The van der Waals surface area contributed by atoms with Crippen molar-refractivity contribution >= 4 is 26.7 Å². The van der Waals surface area contributed by atoms with Gasteiger partial charge < -0.3 is 14.2 Å². The van der Waals surface area contributed by atoms with E-state index in [-0.39, 0.29) is 0 Å². The Morgan fingerprint density at radius 1 is 0.762 bits per heavy atom. The number of benzene rings is 2. The summed E-state index contributed by atoms with van der Waals surface area (Å²) in [6.07, 6.45) is 3.43. The van der Waals surface area contributed by atoms with Gasteiger partial charge in [0.1, 0.15) is 11.3 Å². The average Bonchev–Trinajstić information content (AvgIpc) is 3.79. The van der Waals surface area contributed by atoms with Gasteiger partial charge in [0.2, 0.25) is 0 Å². The zero-order valence-corrected chi connectivity index (χ0v) is 25.0. The number of morpholine rings is 1. The molecule has 9 nitrogen and oxygen atoms in total. The first-order valence-corrected chi connectivity index (χ1v) is 16.9. The van der Waals surface area contributed by atoms with E-state index < -0.39 is 9.84 Å². The molecule has 4 heterocycles. The fourth-order valence-corrected chi connectivity index (χ4v) is 6.68. The standard InChI is InChI=1S/C32H38N6O3S/c1-42(39,40)28-10-4-25(5-11-28)31-34-30-13-12-29(33-32(30)38(31)27-8-9-27)24-2-6-26(7-3-24)37-18-16-35(17-19-37)14-15-36-20-22-41-23-21-36/h2-7,10-13,27H,8-9,14-23H2,1H3. The van der Waals surface area contributed by atoms with E-state index in [0.29, 0.717) is 10.9 Å². The van der Waals surface area contributed by atoms with E-state index in [9.17, 15) is 8.42 Å². The molecule has 2 saturated heterocycles. The van der Waals surface area contributed by atoms with Gasteiger partial charge in [0.25, 0.3) is 0 Å². The van der Waals surface area contributed by atoms with Crippen LogP contribution >= 0.6 is 0 Å². The molecule has 4 aromatic rings. The van der Waals surface area contributed by atoms with Crippen LogP contribution in [0.15, 0.2) is 65.6 Å². The number of pyridine rings is 1. The van der Waals surface area contributed by atoms with Gasteiger partial charge in [-0.25, -0.2) is 18.4 Å². The number of fused-ring (bicyclic) bond motifs is 1. The summed E-state index contributed by atoms with van der Waals surface area (Å²) >= 11 is 0. The second kappa shape index (κ2) is 11.4. The molecule has 0 atom stereocenters. The number of hydrogen-bond donors (Lipinski definition) is 0. The Labute approximate surface area is 247 Å². The molecule has 3 aliphatic rings. The van der Waals surface area contributed by atoms with Gasteiger partial charge >= 0.3 is 0 Å². The highest BCUT2D eigenvalue weighted by molar-refractivity contribution is 7.90. The van der Waals surface area contributed by atoms with Crippen LogP contribution in [0, 0.1) is 0 Å². The lowest BCUT2D eigenvalue weighted by molar-refractivity contribution is 0.0331. The molecule has 1 saturated carbocycles. The Kier molecular flexibility index (Phi) is 7.47. The van der Waals surface area contributed by atoms with E-state index in [0.717, 1.165) is 112 Å². The van der Waals surface area contributed by atoms with Gasteiger partial charge in [-0.15, -0.1) is 0 Å². The van der Waals surface area contributed by atoms with Gasteiger partial charge in [-0.2, -0.15) is 0 Å². The van der Waals surface area contributed by atoms with Gasteiger partial charge in [-0.1, -0.05) is 12.1 Å². The fourth-order valence-electron chi connectivity index (χ4n) is 6.05. The van der Waals surface area contributed by atoms with Crippen LogP contribution in [-0.2, 0) is 14.6 Å². The maximum atomic E-state index is 11.9. The van der Waals surface area contributed by atoms with Crippen molar-refractivity contribution in [1.82, 2.24) is 24.3 Å². The summed E-state index contributed by atoms with van der Waals surface area (Å²) < 4.78 is 31.6. The van der Waals surface area contributed by atoms with Crippen molar-refractivity contribution in [3.8, 4) is 22.6 Å². The van der Waals surface area contributed by atoms with Crippen molar-refractivity contribution in [1.29, 1.82) is 0 Å². The number of piperazine rings is 1. The third kappa shape index (κ3) is 5.81. The van der Waals surface area contributed by atoms with E-state index in [1.807, 2.05) is 18.2 Å². The van der Waals surface area contributed by atoms with Gasteiger partial charge in [0.15, 0.2) is 15.5 Å². The predicted molar refractivity (Wildman–Crippen MR) is 166 cm³/mol.